The van der Waals surface area contributed by atoms with Crippen molar-refractivity contribution in [1.29, 1.82) is 0 Å². The van der Waals surface area contributed by atoms with Crippen LogP contribution >= 0.6 is 0 Å². The Bertz CT molecular complexity index is 908. The molecule has 0 bridgehead atoms. The van der Waals surface area contributed by atoms with Crippen LogP contribution in [0.1, 0.15) is 18.4 Å². The highest BCUT2D eigenvalue weighted by Crippen LogP contribution is 2.27. The Morgan fingerprint density at radius 2 is 1.85 bits per heavy atom. The lowest BCUT2D eigenvalue weighted by Crippen LogP contribution is -2.14. The number of anilines is 1. The third kappa shape index (κ3) is 4.84. The molecule has 3 rings (SSSR count). The Hall–Kier alpha value is -3.35. The molecule has 2 aromatic carbocycles. The minimum Gasteiger partial charge on any atom is -0.496 e. The van der Waals surface area contributed by atoms with Gasteiger partial charge in [0, 0.05) is 6.42 Å². The van der Waals surface area contributed by atoms with E-state index in [9.17, 15) is 4.79 Å². The summed E-state index contributed by atoms with van der Waals surface area (Å²) in [6.07, 6.45) is 0.925. The Kier molecular flexibility index (Phi) is 6.04. The molecule has 0 spiro atoms. The summed E-state index contributed by atoms with van der Waals surface area (Å²) in [5.41, 5.74) is 1.85. The number of rotatable bonds is 8. The number of carbonyl (C=O) groups excluding carboxylic acids is 1. The molecular formula is C20H22N4O3. The largest absolute Gasteiger partial charge is 0.496 e. The molecule has 0 aliphatic carbocycles. The number of amides is 1. The van der Waals surface area contributed by atoms with Crippen LogP contribution in [0, 0.1) is 6.92 Å². The molecule has 0 atom stereocenters. The molecule has 7 heteroatoms. The zero-order valence-corrected chi connectivity index (χ0v) is 15.4. The highest BCUT2D eigenvalue weighted by Gasteiger charge is 2.12. The van der Waals surface area contributed by atoms with Crippen molar-refractivity contribution in [3.8, 4) is 22.9 Å². The number of aryl methyl sites for hydroxylation is 1. The van der Waals surface area contributed by atoms with Gasteiger partial charge in [-0.15, -0.1) is 5.10 Å². The standard InChI is InChI=1S/C20H22N4O3/c1-14-8-3-5-10-16(14)27-13-7-12-18(25)21-20-22-19(23-24-20)15-9-4-6-11-17(15)26-2/h3-6,8-11H,7,12-13H2,1-2H3,(H2,21,22,23,24,25). The van der Waals surface area contributed by atoms with E-state index in [1.807, 2.05) is 55.5 Å². The van der Waals surface area contributed by atoms with Gasteiger partial charge in [-0.1, -0.05) is 30.3 Å². The molecule has 0 aliphatic rings. The van der Waals surface area contributed by atoms with Gasteiger partial charge in [0.1, 0.15) is 11.5 Å². The molecule has 1 amide bonds. The van der Waals surface area contributed by atoms with E-state index in [2.05, 4.69) is 20.5 Å². The minimum atomic E-state index is -0.158. The summed E-state index contributed by atoms with van der Waals surface area (Å²) in [7, 11) is 1.59. The van der Waals surface area contributed by atoms with Gasteiger partial charge in [0.15, 0.2) is 5.82 Å². The zero-order chi connectivity index (χ0) is 19.1. The average Bonchev–Trinajstić information content (AvgIpc) is 3.14. The lowest BCUT2D eigenvalue weighted by molar-refractivity contribution is -0.116. The van der Waals surface area contributed by atoms with E-state index in [4.69, 9.17) is 9.47 Å². The number of nitrogens with one attached hydrogen (secondary N) is 2. The van der Waals surface area contributed by atoms with Gasteiger partial charge in [0.25, 0.3) is 0 Å². The van der Waals surface area contributed by atoms with Crippen molar-refractivity contribution in [2.75, 3.05) is 19.0 Å². The molecule has 0 radical (unpaired) electrons. The smallest absolute Gasteiger partial charge is 0.249 e. The number of hydrogen-bond donors (Lipinski definition) is 2. The Morgan fingerprint density at radius 3 is 2.63 bits per heavy atom. The lowest BCUT2D eigenvalue weighted by atomic mass is 10.2. The predicted octanol–water partition coefficient (Wildman–Crippen LogP) is 3.59. The number of aromatic amines is 1. The fourth-order valence-corrected chi connectivity index (χ4v) is 2.60. The molecule has 140 valence electrons. The molecule has 27 heavy (non-hydrogen) atoms. The van der Waals surface area contributed by atoms with Gasteiger partial charge in [-0.2, -0.15) is 4.98 Å². The number of ether oxygens (including phenoxy) is 2. The van der Waals surface area contributed by atoms with Crippen molar-refractivity contribution < 1.29 is 14.3 Å². The van der Waals surface area contributed by atoms with Crippen LogP contribution in [0.15, 0.2) is 48.5 Å². The maximum atomic E-state index is 12.1. The zero-order valence-electron chi connectivity index (χ0n) is 15.4. The molecule has 1 heterocycles. The highest BCUT2D eigenvalue weighted by molar-refractivity contribution is 5.89. The van der Waals surface area contributed by atoms with E-state index in [1.54, 1.807) is 7.11 Å². The highest BCUT2D eigenvalue weighted by atomic mass is 16.5. The fraction of sp³-hybridized carbons (Fsp3) is 0.250. The van der Waals surface area contributed by atoms with Gasteiger partial charge >= 0.3 is 0 Å². The summed E-state index contributed by atoms with van der Waals surface area (Å²) >= 11 is 0. The maximum absolute atomic E-state index is 12.1. The summed E-state index contributed by atoms with van der Waals surface area (Å²) in [4.78, 5) is 16.4. The number of carbonyl (C=O) groups is 1. The third-order valence-electron chi connectivity index (χ3n) is 4.00. The molecule has 0 saturated carbocycles. The second kappa shape index (κ2) is 8.84. The van der Waals surface area contributed by atoms with E-state index in [1.165, 1.54) is 0 Å². The molecule has 0 saturated heterocycles. The Balaban J connectivity index is 1.49. The van der Waals surface area contributed by atoms with Gasteiger partial charge in [-0.3, -0.25) is 15.2 Å². The van der Waals surface area contributed by atoms with Crippen LogP contribution in [0.3, 0.4) is 0 Å². The van der Waals surface area contributed by atoms with Crippen LogP contribution < -0.4 is 14.8 Å². The lowest BCUT2D eigenvalue weighted by Gasteiger charge is -2.08. The van der Waals surface area contributed by atoms with Crippen LogP contribution in [0.4, 0.5) is 5.95 Å². The first-order valence-corrected chi connectivity index (χ1v) is 8.71. The quantitative estimate of drug-likeness (QED) is 0.595. The summed E-state index contributed by atoms with van der Waals surface area (Å²) in [6, 6.07) is 15.3. The van der Waals surface area contributed by atoms with Crippen LogP contribution in [0.25, 0.3) is 11.4 Å². The Labute approximate surface area is 157 Å². The number of H-pyrrole nitrogens is 1. The van der Waals surface area contributed by atoms with E-state index < -0.39 is 0 Å². The summed E-state index contributed by atoms with van der Waals surface area (Å²) in [5.74, 6) is 2.13. The maximum Gasteiger partial charge on any atom is 0.249 e. The van der Waals surface area contributed by atoms with Gasteiger partial charge < -0.3 is 9.47 Å². The number of nitrogens with zero attached hydrogens (tertiary/aromatic N) is 2. The molecule has 1 aromatic heterocycles. The molecule has 7 nitrogen and oxygen atoms in total. The molecule has 0 fully saturated rings. The van der Waals surface area contributed by atoms with Crippen LogP contribution in [0.5, 0.6) is 11.5 Å². The van der Waals surface area contributed by atoms with Crippen molar-refractivity contribution in [1.82, 2.24) is 15.2 Å². The summed E-state index contributed by atoms with van der Waals surface area (Å²) in [5, 5.41) is 9.55. The summed E-state index contributed by atoms with van der Waals surface area (Å²) in [6.45, 7) is 2.46. The van der Waals surface area contributed by atoms with Crippen LogP contribution in [-0.2, 0) is 4.79 Å². The first kappa shape index (κ1) is 18.4. The number of benzene rings is 2. The van der Waals surface area contributed by atoms with Crippen molar-refractivity contribution in [3.05, 3.63) is 54.1 Å². The van der Waals surface area contributed by atoms with Crippen LogP contribution in [-0.4, -0.2) is 34.8 Å². The predicted molar refractivity (Wildman–Crippen MR) is 103 cm³/mol. The number of para-hydroxylation sites is 2. The first-order chi connectivity index (χ1) is 13.2. The first-order valence-electron chi connectivity index (χ1n) is 8.71. The molecule has 0 aliphatic heterocycles. The number of aromatic nitrogens is 3. The molecule has 0 unspecified atom stereocenters. The number of methoxy groups -OCH3 is 1. The van der Waals surface area contributed by atoms with Gasteiger partial charge in [0.2, 0.25) is 11.9 Å². The van der Waals surface area contributed by atoms with Crippen LogP contribution in [0.2, 0.25) is 0 Å². The van der Waals surface area contributed by atoms with E-state index >= 15 is 0 Å². The van der Waals surface area contributed by atoms with E-state index in [-0.39, 0.29) is 11.9 Å². The van der Waals surface area contributed by atoms with Gasteiger partial charge in [-0.25, -0.2) is 0 Å². The fourth-order valence-electron chi connectivity index (χ4n) is 2.60. The van der Waals surface area contributed by atoms with Crippen molar-refractivity contribution in [2.45, 2.75) is 19.8 Å². The molecule has 3 aromatic rings. The second-order valence-corrected chi connectivity index (χ2v) is 5.97. The van der Waals surface area contributed by atoms with Crippen molar-refractivity contribution >= 4 is 11.9 Å². The van der Waals surface area contributed by atoms with Crippen molar-refractivity contribution in [2.24, 2.45) is 0 Å². The van der Waals surface area contributed by atoms with E-state index in [0.29, 0.717) is 31.0 Å². The van der Waals surface area contributed by atoms with Gasteiger partial charge in [0.05, 0.1) is 19.3 Å². The third-order valence-corrected chi connectivity index (χ3v) is 4.00. The average molecular weight is 366 g/mol. The topological polar surface area (TPSA) is 89.1 Å². The van der Waals surface area contributed by atoms with E-state index in [0.717, 1.165) is 16.9 Å². The molecular weight excluding hydrogens is 344 g/mol. The Morgan fingerprint density at radius 1 is 1.11 bits per heavy atom. The van der Waals surface area contributed by atoms with Crippen molar-refractivity contribution in [3.63, 3.8) is 0 Å². The summed E-state index contributed by atoms with van der Waals surface area (Å²) < 4.78 is 11.0. The SMILES string of the molecule is COc1ccccc1-c1nc(NC(=O)CCCOc2ccccc2C)n[nH]1. The second-order valence-electron chi connectivity index (χ2n) is 5.97. The number of hydrogen-bond acceptors (Lipinski definition) is 5. The normalized spacial score (nSPS) is 10.4. The minimum absolute atomic E-state index is 0.158. The van der Waals surface area contributed by atoms with Gasteiger partial charge in [-0.05, 0) is 37.1 Å². The molecule has 2 N–H and O–H groups in total. The monoisotopic (exact) mass is 366 g/mol.